The summed E-state index contributed by atoms with van der Waals surface area (Å²) in [5, 5.41) is 2.89. The van der Waals surface area contributed by atoms with E-state index in [9.17, 15) is 4.79 Å². The Morgan fingerprint density at radius 2 is 2.00 bits per heavy atom. The molecular weight excluding hydrogens is 209 g/mol. The molecule has 0 radical (unpaired) electrons. The van der Waals surface area contributed by atoms with Gasteiger partial charge in [0, 0.05) is 17.7 Å². The maximum atomic E-state index is 11.5. The second-order valence-electron chi connectivity index (χ2n) is 3.94. The summed E-state index contributed by atoms with van der Waals surface area (Å²) in [5.74, 6) is 1.02. The lowest BCUT2D eigenvalue weighted by molar-refractivity contribution is -0.128. The third-order valence-corrected chi connectivity index (χ3v) is 3.67. The molecule has 1 aliphatic carbocycles. The highest BCUT2D eigenvalue weighted by molar-refractivity contribution is 6.22. The minimum absolute atomic E-state index is 0.107. The first-order chi connectivity index (χ1) is 6.11. The van der Waals surface area contributed by atoms with Gasteiger partial charge in [-0.25, -0.2) is 0 Å². The van der Waals surface area contributed by atoms with Crippen LogP contribution in [0.2, 0.25) is 0 Å². The normalized spacial score (nSPS) is 18.1. The summed E-state index contributed by atoms with van der Waals surface area (Å²) in [6.45, 7) is 1.86. The SMILES string of the molecule is CC(CCl)(CCl)NC(=O)C1CCC1. The summed E-state index contributed by atoms with van der Waals surface area (Å²) in [5.41, 5.74) is -0.449. The van der Waals surface area contributed by atoms with Crippen LogP contribution < -0.4 is 5.32 Å². The van der Waals surface area contributed by atoms with Gasteiger partial charge in [-0.1, -0.05) is 6.42 Å². The van der Waals surface area contributed by atoms with Crippen LogP contribution in [0.25, 0.3) is 0 Å². The number of carbonyl (C=O) groups is 1. The number of halogens is 2. The zero-order valence-corrected chi connectivity index (χ0v) is 9.29. The fourth-order valence-corrected chi connectivity index (χ4v) is 1.59. The molecule has 1 fully saturated rings. The number of nitrogens with one attached hydrogen (secondary N) is 1. The molecule has 0 aromatic rings. The number of amides is 1. The number of alkyl halides is 2. The summed E-state index contributed by atoms with van der Waals surface area (Å²) in [6.07, 6.45) is 3.18. The van der Waals surface area contributed by atoms with Crippen molar-refractivity contribution >= 4 is 29.1 Å². The van der Waals surface area contributed by atoms with Gasteiger partial charge in [-0.05, 0) is 19.8 Å². The summed E-state index contributed by atoms with van der Waals surface area (Å²) < 4.78 is 0. The zero-order valence-electron chi connectivity index (χ0n) is 7.78. The van der Waals surface area contributed by atoms with Crippen LogP contribution in [0, 0.1) is 5.92 Å². The minimum Gasteiger partial charge on any atom is -0.348 e. The molecule has 0 saturated heterocycles. The van der Waals surface area contributed by atoms with Gasteiger partial charge >= 0.3 is 0 Å². The van der Waals surface area contributed by atoms with Gasteiger partial charge in [0.05, 0.1) is 5.54 Å². The van der Waals surface area contributed by atoms with Gasteiger partial charge in [0.15, 0.2) is 0 Å². The Hall–Kier alpha value is 0.0500. The van der Waals surface area contributed by atoms with Crippen LogP contribution in [0.3, 0.4) is 0 Å². The molecule has 0 aliphatic heterocycles. The smallest absolute Gasteiger partial charge is 0.223 e. The maximum absolute atomic E-state index is 11.5. The zero-order chi connectivity index (χ0) is 9.90. The van der Waals surface area contributed by atoms with E-state index in [1.807, 2.05) is 6.92 Å². The molecule has 2 nitrogen and oxygen atoms in total. The molecule has 1 amide bonds. The summed E-state index contributed by atoms with van der Waals surface area (Å²) in [4.78, 5) is 11.5. The number of rotatable bonds is 4. The largest absolute Gasteiger partial charge is 0.348 e. The van der Waals surface area contributed by atoms with E-state index in [0.717, 1.165) is 19.3 Å². The summed E-state index contributed by atoms with van der Waals surface area (Å²) >= 11 is 11.4. The first kappa shape index (κ1) is 11.1. The van der Waals surface area contributed by atoms with Crippen LogP contribution in [-0.2, 0) is 4.79 Å². The lowest BCUT2D eigenvalue weighted by Gasteiger charge is -2.31. The average molecular weight is 224 g/mol. The molecule has 0 aromatic carbocycles. The van der Waals surface area contributed by atoms with Crippen LogP contribution in [0.15, 0.2) is 0 Å². The van der Waals surface area contributed by atoms with Crippen molar-refractivity contribution in [2.45, 2.75) is 31.7 Å². The highest BCUT2D eigenvalue weighted by Crippen LogP contribution is 2.27. The Morgan fingerprint density at radius 1 is 1.46 bits per heavy atom. The van der Waals surface area contributed by atoms with Crippen molar-refractivity contribution in [3.8, 4) is 0 Å². The lowest BCUT2D eigenvalue weighted by Crippen LogP contribution is -2.52. The van der Waals surface area contributed by atoms with Crippen LogP contribution >= 0.6 is 23.2 Å². The predicted molar refractivity (Wildman–Crippen MR) is 55.3 cm³/mol. The van der Waals surface area contributed by atoms with Crippen molar-refractivity contribution in [2.24, 2.45) is 5.92 Å². The summed E-state index contributed by atoms with van der Waals surface area (Å²) in [7, 11) is 0. The Labute approximate surface area is 89.0 Å². The molecule has 0 aromatic heterocycles. The van der Waals surface area contributed by atoms with E-state index < -0.39 is 5.54 Å². The fraction of sp³-hybridized carbons (Fsp3) is 0.889. The quantitative estimate of drug-likeness (QED) is 0.728. The molecule has 0 spiro atoms. The molecule has 1 rings (SSSR count). The topological polar surface area (TPSA) is 29.1 Å². The van der Waals surface area contributed by atoms with Crippen molar-refractivity contribution in [3.63, 3.8) is 0 Å². The molecular formula is C9H15Cl2NO. The first-order valence-corrected chi connectivity index (χ1v) is 5.62. The third kappa shape index (κ3) is 2.75. The lowest BCUT2D eigenvalue weighted by atomic mass is 9.84. The molecule has 0 unspecified atom stereocenters. The second-order valence-corrected chi connectivity index (χ2v) is 4.48. The van der Waals surface area contributed by atoms with Crippen molar-refractivity contribution in [1.82, 2.24) is 5.32 Å². The molecule has 0 bridgehead atoms. The molecule has 1 saturated carbocycles. The molecule has 1 N–H and O–H groups in total. The van der Waals surface area contributed by atoms with E-state index >= 15 is 0 Å². The van der Waals surface area contributed by atoms with Crippen LogP contribution in [0.4, 0.5) is 0 Å². The van der Waals surface area contributed by atoms with E-state index in [-0.39, 0.29) is 11.8 Å². The molecule has 13 heavy (non-hydrogen) atoms. The Balaban J connectivity index is 2.40. The van der Waals surface area contributed by atoms with Gasteiger partial charge in [0.1, 0.15) is 0 Å². The average Bonchev–Trinajstić information content (AvgIpc) is 2.01. The molecule has 1 aliphatic rings. The van der Waals surface area contributed by atoms with Crippen LogP contribution in [0.1, 0.15) is 26.2 Å². The van der Waals surface area contributed by atoms with Crippen LogP contribution in [0.5, 0.6) is 0 Å². The maximum Gasteiger partial charge on any atom is 0.223 e. The van der Waals surface area contributed by atoms with Gasteiger partial charge in [0.25, 0.3) is 0 Å². The van der Waals surface area contributed by atoms with Gasteiger partial charge in [-0.15, -0.1) is 23.2 Å². The first-order valence-electron chi connectivity index (χ1n) is 4.55. The van der Waals surface area contributed by atoms with Gasteiger partial charge < -0.3 is 5.32 Å². The highest BCUT2D eigenvalue weighted by atomic mass is 35.5. The predicted octanol–water partition coefficient (Wildman–Crippen LogP) is 2.14. The van der Waals surface area contributed by atoms with Crippen molar-refractivity contribution < 1.29 is 4.79 Å². The second kappa shape index (κ2) is 4.52. The van der Waals surface area contributed by atoms with E-state index in [0.29, 0.717) is 11.8 Å². The summed E-state index contributed by atoms with van der Waals surface area (Å²) in [6, 6.07) is 0. The van der Waals surface area contributed by atoms with Gasteiger partial charge in [0.2, 0.25) is 5.91 Å². The van der Waals surface area contributed by atoms with E-state index in [4.69, 9.17) is 23.2 Å². The Morgan fingerprint density at radius 3 is 2.31 bits per heavy atom. The number of carbonyl (C=O) groups excluding carboxylic acids is 1. The van der Waals surface area contributed by atoms with Crippen molar-refractivity contribution in [1.29, 1.82) is 0 Å². The van der Waals surface area contributed by atoms with Crippen LogP contribution in [-0.4, -0.2) is 23.2 Å². The molecule has 4 heteroatoms. The Kier molecular flexibility index (Phi) is 3.87. The highest BCUT2D eigenvalue weighted by Gasteiger charge is 2.31. The number of hydrogen-bond donors (Lipinski definition) is 1. The standard InChI is InChI=1S/C9H15Cl2NO/c1-9(5-10,6-11)12-8(13)7-3-2-4-7/h7H,2-6H2,1H3,(H,12,13). The molecule has 0 atom stereocenters. The fourth-order valence-electron chi connectivity index (χ4n) is 1.17. The van der Waals surface area contributed by atoms with E-state index in [1.54, 1.807) is 0 Å². The van der Waals surface area contributed by atoms with Gasteiger partial charge in [-0.3, -0.25) is 4.79 Å². The molecule has 0 heterocycles. The van der Waals surface area contributed by atoms with Crippen molar-refractivity contribution in [3.05, 3.63) is 0 Å². The minimum atomic E-state index is -0.449. The van der Waals surface area contributed by atoms with Crippen molar-refractivity contribution in [2.75, 3.05) is 11.8 Å². The van der Waals surface area contributed by atoms with Gasteiger partial charge in [-0.2, -0.15) is 0 Å². The molecule has 76 valence electrons. The third-order valence-electron chi connectivity index (χ3n) is 2.49. The monoisotopic (exact) mass is 223 g/mol. The van der Waals surface area contributed by atoms with E-state index in [2.05, 4.69) is 5.32 Å². The van der Waals surface area contributed by atoms with E-state index in [1.165, 1.54) is 0 Å². The Bertz CT molecular complexity index is 188. The number of hydrogen-bond acceptors (Lipinski definition) is 1.